The molecular weight excluding hydrogens is 265 g/mol. The molecule has 0 aromatic heterocycles. The van der Waals surface area contributed by atoms with Gasteiger partial charge in [-0.2, -0.15) is 0 Å². The molecule has 0 saturated heterocycles. The van der Waals surface area contributed by atoms with Gasteiger partial charge in [0.25, 0.3) is 0 Å². The summed E-state index contributed by atoms with van der Waals surface area (Å²) in [7, 11) is 0. The molecule has 0 radical (unpaired) electrons. The van der Waals surface area contributed by atoms with E-state index in [-0.39, 0.29) is 10.4 Å². The molecular formula is C13H14Cl2F2. The number of benzene rings is 1. The first-order valence-corrected chi connectivity index (χ1v) is 6.69. The van der Waals surface area contributed by atoms with E-state index in [1.54, 1.807) is 0 Å². The van der Waals surface area contributed by atoms with Crippen molar-refractivity contribution in [2.75, 3.05) is 0 Å². The number of hydrogen-bond donors (Lipinski definition) is 0. The third-order valence-electron chi connectivity index (χ3n) is 3.40. The monoisotopic (exact) mass is 278 g/mol. The number of rotatable bonds is 2. The van der Waals surface area contributed by atoms with Gasteiger partial charge in [-0.3, -0.25) is 0 Å². The molecule has 94 valence electrons. The van der Waals surface area contributed by atoms with Crippen molar-refractivity contribution in [2.45, 2.75) is 37.5 Å². The molecule has 1 atom stereocenters. The molecule has 2 rings (SSSR count). The minimum Gasteiger partial charge on any atom is -0.204 e. The van der Waals surface area contributed by atoms with E-state index < -0.39 is 11.6 Å². The Bertz CT molecular complexity index is 401. The summed E-state index contributed by atoms with van der Waals surface area (Å²) in [6, 6.07) is 2.13. The Balaban J connectivity index is 2.23. The molecule has 4 heteroatoms. The summed E-state index contributed by atoms with van der Waals surface area (Å²) < 4.78 is 26.2. The van der Waals surface area contributed by atoms with E-state index in [1.165, 1.54) is 6.42 Å². The van der Waals surface area contributed by atoms with E-state index in [4.69, 9.17) is 23.2 Å². The molecule has 1 fully saturated rings. The topological polar surface area (TPSA) is 0 Å². The maximum Gasteiger partial charge on any atom is 0.160 e. The second-order valence-electron chi connectivity index (χ2n) is 4.59. The van der Waals surface area contributed by atoms with Gasteiger partial charge in [-0.15, -0.1) is 11.6 Å². The highest BCUT2D eigenvalue weighted by Gasteiger charge is 2.25. The molecule has 17 heavy (non-hydrogen) atoms. The molecule has 0 nitrogen and oxygen atoms in total. The van der Waals surface area contributed by atoms with Crippen LogP contribution in [0.15, 0.2) is 12.1 Å². The van der Waals surface area contributed by atoms with Crippen LogP contribution in [0.4, 0.5) is 8.78 Å². The largest absolute Gasteiger partial charge is 0.204 e. The van der Waals surface area contributed by atoms with Crippen LogP contribution in [-0.2, 0) is 0 Å². The Labute approximate surface area is 110 Å². The fraction of sp³-hybridized carbons (Fsp3) is 0.538. The normalized spacial score (nSPS) is 19.3. The van der Waals surface area contributed by atoms with Crippen molar-refractivity contribution in [2.24, 2.45) is 5.92 Å². The zero-order chi connectivity index (χ0) is 12.4. The van der Waals surface area contributed by atoms with Crippen LogP contribution >= 0.6 is 23.2 Å². The molecule has 1 unspecified atom stereocenters. The predicted molar refractivity (Wildman–Crippen MR) is 66.5 cm³/mol. The summed E-state index contributed by atoms with van der Waals surface area (Å²) in [5.41, 5.74) is 0.513. The van der Waals surface area contributed by atoms with Gasteiger partial charge in [0, 0.05) is 5.02 Å². The van der Waals surface area contributed by atoms with Crippen molar-refractivity contribution in [1.82, 2.24) is 0 Å². The molecule has 0 spiro atoms. The first-order valence-electron chi connectivity index (χ1n) is 5.88. The maximum absolute atomic E-state index is 13.2. The highest BCUT2D eigenvalue weighted by atomic mass is 35.5. The summed E-state index contributed by atoms with van der Waals surface area (Å²) in [6.45, 7) is 0. The number of halogens is 4. The quantitative estimate of drug-likeness (QED) is 0.497. The molecule has 0 N–H and O–H groups in total. The van der Waals surface area contributed by atoms with Gasteiger partial charge >= 0.3 is 0 Å². The van der Waals surface area contributed by atoms with E-state index >= 15 is 0 Å². The van der Waals surface area contributed by atoms with Crippen LogP contribution in [-0.4, -0.2) is 0 Å². The summed E-state index contributed by atoms with van der Waals surface area (Å²) in [6.07, 6.45) is 5.59. The van der Waals surface area contributed by atoms with Crippen LogP contribution in [0.2, 0.25) is 5.02 Å². The Morgan fingerprint density at radius 1 is 1.06 bits per heavy atom. The SMILES string of the molecule is Fc1cc(Cl)c(C(Cl)C2CCCCC2)cc1F. The summed E-state index contributed by atoms with van der Waals surface area (Å²) >= 11 is 12.3. The highest BCUT2D eigenvalue weighted by molar-refractivity contribution is 6.32. The average Bonchev–Trinajstić information content (AvgIpc) is 2.34. The lowest BCUT2D eigenvalue weighted by Gasteiger charge is -2.26. The second-order valence-corrected chi connectivity index (χ2v) is 5.47. The van der Waals surface area contributed by atoms with Crippen molar-refractivity contribution in [3.8, 4) is 0 Å². The van der Waals surface area contributed by atoms with Crippen molar-refractivity contribution >= 4 is 23.2 Å². The van der Waals surface area contributed by atoms with Gasteiger partial charge in [-0.1, -0.05) is 30.9 Å². The van der Waals surface area contributed by atoms with E-state index in [0.29, 0.717) is 11.5 Å². The molecule has 1 aromatic rings. The Morgan fingerprint density at radius 2 is 1.65 bits per heavy atom. The van der Waals surface area contributed by atoms with Crippen molar-refractivity contribution in [3.63, 3.8) is 0 Å². The third kappa shape index (κ3) is 2.92. The van der Waals surface area contributed by atoms with Gasteiger partial charge < -0.3 is 0 Å². The summed E-state index contributed by atoms with van der Waals surface area (Å²) in [5, 5.41) is -0.104. The van der Waals surface area contributed by atoms with Gasteiger partial charge in [0.1, 0.15) is 0 Å². The Hall–Kier alpha value is -0.340. The van der Waals surface area contributed by atoms with E-state index in [0.717, 1.165) is 37.8 Å². The molecule has 1 aromatic carbocycles. The Morgan fingerprint density at radius 3 is 2.29 bits per heavy atom. The van der Waals surface area contributed by atoms with Gasteiger partial charge in [0.05, 0.1) is 5.38 Å². The molecule has 0 heterocycles. The predicted octanol–water partition coefficient (Wildman–Crippen LogP) is 5.48. The van der Waals surface area contributed by atoms with Gasteiger partial charge in [0.15, 0.2) is 11.6 Å². The number of hydrogen-bond acceptors (Lipinski definition) is 0. The van der Waals surface area contributed by atoms with Gasteiger partial charge in [-0.05, 0) is 36.5 Å². The lowest BCUT2D eigenvalue weighted by molar-refractivity contribution is 0.348. The number of alkyl halides is 1. The third-order valence-corrected chi connectivity index (χ3v) is 4.32. The molecule has 0 aliphatic heterocycles. The van der Waals surface area contributed by atoms with Gasteiger partial charge in [-0.25, -0.2) is 8.78 Å². The van der Waals surface area contributed by atoms with E-state index in [2.05, 4.69) is 0 Å². The minimum absolute atomic E-state index is 0.217. The lowest BCUT2D eigenvalue weighted by atomic mass is 9.84. The van der Waals surface area contributed by atoms with Gasteiger partial charge in [0.2, 0.25) is 0 Å². The minimum atomic E-state index is -0.925. The lowest BCUT2D eigenvalue weighted by Crippen LogP contribution is -2.13. The van der Waals surface area contributed by atoms with Crippen molar-refractivity contribution in [3.05, 3.63) is 34.4 Å². The highest BCUT2D eigenvalue weighted by Crippen LogP contribution is 2.41. The van der Waals surface area contributed by atoms with Crippen LogP contribution < -0.4 is 0 Å². The first-order chi connectivity index (χ1) is 8.09. The van der Waals surface area contributed by atoms with E-state index in [1.807, 2.05) is 0 Å². The standard InChI is InChI=1S/C13H14Cl2F2/c14-10-7-12(17)11(16)6-9(10)13(15)8-4-2-1-3-5-8/h6-8,13H,1-5H2. The van der Waals surface area contributed by atoms with Crippen molar-refractivity contribution < 1.29 is 8.78 Å². The van der Waals surface area contributed by atoms with Crippen molar-refractivity contribution in [1.29, 1.82) is 0 Å². The van der Waals surface area contributed by atoms with E-state index in [9.17, 15) is 8.78 Å². The smallest absolute Gasteiger partial charge is 0.160 e. The fourth-order valence-electron chi connectivity index (χ4n) is 2.43. The van der Waals surface area contributed by atoms with Crippen LogP contribution in [0.5, 0.6) is 0 Å². The first kappa shape index (κ1) is 13.1. The van der Waals surface area contributed by atoms with Crippen LogP contribution in [0, 0.1) is 17.6 Å². The molecule has 0 bridgehead atoms. The summed E-state index contributed by atoms with van der Waals surface area (Å²) in [5.74, 6) is -1.50. The Kier molecular flexibility index (Phi) is 4.26. The second kappa shape index (κ2) is 5.53. The summed E-state index contributed by atoms with van der Waals surface area (Å²) in [4.78, 5) is 0. The average molecular weight is 279 g/mol. The zero-order valence-corrected chi connectivity index (χ0v) is 10.9. The molecule has 1 aliphatic rings. The molecule has 1 saturated carbocycles. The van der Waals surface area contributed by atoms with Crippen LogP contribution in [0.3, 0.4) is 0 Å². The van der Waals surface area contributed by atoms with Crippen LogP contribution in [0.1, 0.15) is 43.0 Å². The maximum atomic E-state index is 13.2. The fourth-order valence-corrected chi connectivity index (χ4v) is 3.19. The zero-order valence-electron chi connectivity index (χ0n) is 9.36. The molecule has 1 aliphatic carbocycles. The van der Waals surface area contributed by atoms with Crippen LogP contribution in [0.25, 0.3) is 0 Å². The molecule has 0 amide bonds.